The maximum absolute atomic E-state index is 5.19. The topological polar surface area (TPSA) is 47.0 Å². The van der Waals surface area contributed by atoms with Crippen molar-refractivity contribution in [1.82, 2.24) is 9.97 Å². The molecule has 0 aromatic carbocycles. The molecular formula is C12H14IN3OS. The van der Waals surface area contributed by atoms with Crippen LogP contribution in [0.15, 0.2) is 10.8 Å². The fourth-order valence-corrected chi connectivity index (χ4v) is 3.09. The minimum absolute atomic E-state index is 0.492. The second-order valence-electron chi connectivity index (χ2n) is 3.81. The van der Waals surface area contributed by atoms with Gasteiger partial charge in [-0.15, -0.1) is 0 Å². The number of nitrogens with one attached hydrogen (secondary N) is 1. The molecular weight excluding hydrogens is 361 g/mol. The number of thiophene rings is 1. The first-order valence-corrected chi connectivity index (χ1v) is 7.45. The molecule has 0 aliphatic rings. The highest BCUT2D eigenvalue weighted by atomic mass is 127. The largest absolute Gasteiger partial charge is 0.378 e. The lowest BCUT2D eigenvalue weighted by atomic mass is 10.2. The Kier molecular flexibility index (Phi) is 4.52. The van der Waals surface area contributed by atoms with E-state index in [4.69, 9.17) is 4.74 Å². The summed E-state index contributed by atoms with van der Waals surface area (Å²) >= 11 is 3.91. The van der Waals surface area contributed by atoms with Gasteiger partial charge in [-0.3, -0.25) is 0 Å². The number of ether oxygens (including phenoxy) is 1. The molecule has 0 spiro atoms. The summed E-state index contributed by atoms with van der Waals surface area (Å²) in [6, 6.07) is 0. The lowest BCUT2D eigenvalue weighted by Gasteiger charge is -2.10. The second-order valence-corrected chi connectivity index (χ2v) is 5.63. The van der Waals surface area contributed by atoms with Crippen LogP contribution in [0.5, 0.6) is 0 Å². The summed E-state index contributed by atoms with van der Waals surface area (Å²) in [6.07, 6.45) is 0. The van der Waals surface area contributed by atoms with E-state index >= 15 is 0 Å². The summed E-state index contributed by atoms with van der Waals surface area (Å²) in [4.78, 5) is 9.16. The Balaban J connectivity index is 2.55. The van der Waals surface area contributed by atoms with Gasteiger partial charge in [0, 0.05) is 25.1 Å². The molecule has 0 saturated carbocycles. The monoisotopic (exact) mass is 375 g/mol. The van der Waals surface area contributed by atoms with Crippen molar-refractivity contribution in [2.75, 3.05) is 19.5 Å². The standard InChI is InChI=1S/C12H14IN3OS/c1-7-5-18-6-8(7)11-15-9(4-17-3)10(13)12(14-2)16-11/h5-6H,4H2,1-3H3,(H,14,15,16). The predicted octanol–water partition coefficient (Wildman–Crippen LogP) is 3.31. The van der Waals surface area contributed by atoms with E-state index in [-0.39, 0.29) is 0 Å². The van der Waals surface area contributed by atoms with Crippen LogP contribution in [0.3, 0.4) is 0 Å². The summed E-state index contributed by atoms with van der Waals surface area (Å²) in [5.74, 6) is 1.60. The molecule has 96 valence electrons. The number of nitrogens with zero attached hydrogens (tertiary/aromatic N) is 2. The number of hydrogen-bond donors (Lipinski definition) is 1. The number of methoxy groups -OCH3 is 1. The fraction of sp³-hybridized carbons (Fsp3) is 0.333. The zero-order chi connectivity index (χ0) is 13.1. The first-order valence-electron chi connectivity index (χ1n) is 5.43. The van der Waals surface area contributed by atoms with E-state index in [1.54, 1.807) is 18.4 Å². The number of anilines is 1. The van der Waals surface area contributed by atoms with Crippen molar-refractivity contribution in [3.8, 4) is 11.4 Å². The highest BCUT2D eigenvalue weighted by Crippen LogP contribution is 2.28. The Morgan fingerprint density at radius 3 is 2.72 bits per heavy atom. The minimum Gasteiger partial charge on any atom is -0.378 e. The van der Waals surface area contributed by atoms with Crippen molar-refractivity contribution >= 4 is 39.7 Å². The molecule has 0 amide bonds. The molecule has 2 rings (SSSR count). The minimum atomic E-state index is 0.492. The predicted molar refractivity (Wildman–Crippen MR) is 83.1 cm³/mol. The Labute approximate surface area is 124 Å². The van der Waals surface area contributed by atoms with E-state index < -0.39 is 0 Å². The van der Waals surface area contributed by atoms with E-state index in [0.717, 1.165) is 26.5 Å². The Morgan fingerprint density at radius 2 is 2.17 bits per heavy atom. The zero-order valence-corrected chi connectivity index (χ0v) is 13.4. The zero-order valence-electron chi connectivity index (χ0n) is 10.5. The van der Waals surface area contributed by atoms with Gasteiger partial charge >= 0.3 is 0 Å². The van der Waals surface area contributed by atoms with E-state index in [1.165, 1.54) is 5.56 Å². The van der Waals surface area contributed by atoms with E-state index in [0.29, 0.717) is 6.61 Å². The van der Waals surface area contributed by atoms with Gasteiger partial charge in [0.25, 0.3) is 0 Å². The molecule has 4 nitrogen and oxygen atoms in total. The summed E-state index contributed by atoms with van der Waals surface area (Å²) in [7, 11) is 3.54. The SMILES string of the molecule is CNc1nc(-c2cscc2C)nc(COC)c1I. The molecule has 2 aromatic rings. The van der Waals surface area contributed by atoms with E-state index in [1.807, 2.05) is 7.05 Å². The first-order chi connectivity index (χ1) is 8.67. The third kappa shape index (κ3) is 2.65. The molecule has 1 N–H and O–H groups in total. The summed E-state index contributed by atoms with van der Waals surface area (Å²) in [6.45, 7) is 2.56. The third-order valence-corrected chi connectivity index (χ3v) is 4.53. The molecule has 0 aliphatic heterocycles. The highest BCUT2D eigenvalue weighted by molar-refractivity contribution is 14.1. The van der Waals surface area contributed by atoms with Crippen molar-refractivity contribution in [2.24, 2.45) is 0 Å². The van der Waals surface area contributed by atoms with Crippen molar-refractivity contribution in [1.29, 1.82) is 0 Å². The molecule has 2 aromatic heterocycles. The smallest absolute Gasteiger partial charge is 0.163 e. The second kappa shape index (κ2) is 5.94. The van der Waals surface area contributed by atoms with Gasteiger partial charge in [-0.05, 0) is 40.5 Å². The average molecular weight is 375 g/mol. The summed E-state index contributed by atoms with van der Waals surface area (Å²) in [5, 5.41) is 7.28. The van der Waals surface area contributed by atoms with Crippen LogP contribution in [0.2, 0.25) is 0 Å². The fourth-order valence-electron chi connectivity index (χ4n) is 1.60. The van der Waals surface area contributed by atoms with Crippen LogP contribution in [-0.2, 0) is 11.3 Å². The first kappa shape index (κ1) is 13.7. The third-order valence-electron chi connectivity index (χ3n) is 2.53. The van der Waals surface area contributed by atoms with E-state index in [9.17, 15) is 0 Å². The summed E-state index contributed by atoms with van der Waals surface area (Å²) in [5.41, 5.74) is 3.20. The number of aryl methyl sites for hydroxylation is 1. The van der Waals surface area contributed by atoms with Crippen LogP contribution in [0, 0.1) is 10.5 Å². The molecule has 0 unspecified atom stereocenters. The molecule has 6 heteroatoms. The molecule has 0 aliphatic carbocycles. The number of rotatable bonds is 4. The van der Waals surface area contributed by atoms with Crippen LogP contribution < -0.4 is 5.32 Å². The van der Waals surface area contributed by atoms with Crippen LogP contribution >= 0.6 is 33.9 Å². The Hall–Kier alpha value is -0.730. The number of aromatic nitrogens is 2. The molecule has 0 saturated heterocycles. The van der Waals surface area contributed by atoms with Gasteiger partial charge in [0.1, 0.15) is 5.82 Å². The van der Waals surface area contributed by atoms with Crippen molar-refractivity contribution in [2.45, 2.75) is 13.5 Å². The van der Waals surface area contributed by atoms with Gasteiger partial charge in [0.2, 0.25) is 0 Å². The van der Waals surface area contributed by atoms with Gasteiger partial charge in [-0.1, -0.05) is 0 Å². The van der Waals surface area contributed by atoms with Crippen molar-refractivity contribution < 1.29 is 4.74 Å². The van der Waals surface area contributed by atoms with Gasteiger partial charge in [0.15, 0.2) is 5.82 Å². The normalized spacial score (nSPS) is 10.7. The molecule has 18 heavy (non-hydrogen) atoms. The highest BCUT2D eigenvalue weighted by Gasteiger charge is 2.14. The molecule has 0 radical (unpaired) electrons. The van der Waals surface area contributed by atoms with Crippen LogP contribution in [0.4, 0.5) is 5.82 Å². The van der Waals surface area contributed by atoms with Crippen molar-refractivity contribution in [3.63, 3.8) is 0 Å². The van der Waals surface area contributed by atoms with Gasteiger partial charge < -0.3 is 10.1 Å². The average Bonchev–Trinajstić information content (AvgIpc) is 2.78. The molecule has 0 atom stereocenters. The van der Waals surface area contributed by atoms with Crippen LogP contribution in [0.25, 0.3) is 11.4 Å². The van der Waals surface area contributed by atoms with Crippen LogP contribution in [0.1, 0.15) is 11.3 Å². The number of hydrogen-bond acceptors (Lipinski definition) is 5. The number of halogens is 1. The van der Waals surface area contributed by atoms with Crippen LogP contribution in [-0.4, -0.2) is 24.1 Å². The maximum atomic E-state index is 5.19. The van der Waals surface area contributed by atoms with Gasteiger partial charge in [-0.2, -0.15) is 11.3 Å². The Morgan fingerprint density at radius 1 is 1.39 bits per heavy atom. The summed E-state index contributed by atoms with van der Waals surface area (Å²) < 4.78 is 6.20. The maximum Gasteiger partial charge on any atom is 0.163 e. The van der Waals surface area contributed by atoms with Gasteiger partial charge in [-0.25, -0.2) is 9.97 Å². The molecule has 0 bridgehead atoms. The molecule has 2 heterocycles. The van der Waals surface area contributed by atoms with E-state index in [2.05, 4.69) is 55.6 Å². The Bertz CT molecular complexity index is 556. The lowest BCUT2D eigenvalue weighted by Crippen LogP contribution is -2.06. The lowest BCUT2D eigenvalue weighted by molar-refractivity contribution is 0.181. The molecule has 0 fully saturated rings. The van der Waals surface area contributed by atoms with Gasteiger partial charge in [0.05, 0.1) is 15.9 Å². The quantitative estimate of drug-likeness (QED) is 0.834. The van der Waals surface area contributed by atoms with Crippen molar-refractivity contribution in [3.05, 3.63) is 25.6 Å².